The molecule has 0 aromatic heterocycles. The summed E-state index contributed by atoms with van der Waals surface area (Å²) in [7, 11) is -2.07. The summed E-state index contributed by atoms with van der Waals surface area (Å²) in [6.45, 7) is 3.72. The van der Waals surface area contributed by atoms with Crippen LogP contribution in [0.2, 0.25) is 0 Å². The van der Waals surface area contributed by atoms with Crippen molar-refractivity contribution in [3.8, 4) is 0 Å². The van der Waals surface area contributed by atoms with Crippen LogP contribution in [0.25, 0.3) is 34.4 Å². The molecule has 0 aliphatic heterocycles. The molecule has 6 nitrogen and oxygen atoms in total. The molecule has 0 fully saturated rings. The van der Waals surface area contributed by atoms with E-state index in [9.17, 15) is 26.8 Å². The van der Waals surface area contributed by atoms with Gasteiger partial charge in [-0.1, -0.05) is 36.4 Å². The molecule has 0 saturated heterocycles. The van der Waals surface area contributed by atoms with Gasteiger partial charge in [-0.2, -0.15) is 0 Å². The molecule has 10 heteroatoms. The van der Waals surface area contributed by atoms with Crippen molar-refractivity contribution in [1.29, 1.82) is 0 Å². The van der Waals surface area contributed by atoms with Gasteiger partial charge in [-0.25, -0.2) is 8.78 Å². The Kier molecular flexibility index (Phi) is 11.0. The van der Waals surface area contributed by atoms with E-state index in [1.165, 1.54) is 24.3 Å². The number of hydrogen-bond acceptors (Lipinski definition) is 4. The standard InChI is InChI=1S/2C20H17FO3S/c2*1-12-17(9-13-3-6-15(7-4-13)25(2)24)16-8-5-14(21)10-19(16)18(12)11-20(22)23/h2*3-10H,11H2,1-2H3,(H,22,23)/b2*17-9-. The zero-order valence-corrected chi connectivity index (χ0v) is 29.4. The van der Waals surface area contributed by atoms with E-state index in [0.717, 1.165) is 54.3 Å². The maximum atomic E-state index is 13.7. The Morgan fingerprint density at radius 1 is 0.580 bits per heavy atom. The van der Waals surface area contributed by atoms with Crippen molar-refractivity contribution in [2.75, 3.05) is 12.5 Å². The van der Waals surface area contributed by atoms with Gasteiger partial charge in [-0.3, -0.25) is 18.0 Å². The van der Waals surface area contributed by atoms with E-state index in [0.29, 0.717) is 22.3 Å². The number of rotatable bonds is 8. The van der Waals surface area contributed by atoms with Gasteiger partial charge in [-0.05, 0) is 141 Å². The van der Waals surface area contributed by atoms with Crippen LogP contribution in [0.4, 0.5) is 8.78 Å². The van der Waals surface area contributed by atoms with Crippen molar-refractivity contribution in [2.24, 2.45) is 0 Å². The van der Waals surface area contributed by atoms with Gasteiger partial charge in [0.25, 0.3) is 0 Å². The molecule has 2 N–H and O–H groups in total. The second-order valence-corrected chi connectivity index (χ2v) is 14.6. The van der Waals surface area contributed by atoms with Crippen molar-refractivity contribution in [1.82, 2.24) is 0 Å². The van der Waals surface area contributed by atoms with Gasteiger partial charge < -0.3 is 10.2 Å². The minimum atomic E-state index is -1.04. The minimum Gasteiger partial charge on any atom is -0.481 e. The van der Waals surface area contributed by atoms with Crippen LogP contribution in [0.15, 0.2) is 106 Å². The van der Waals surface area contributed by atoms with Crippen LogP contribution in [0.5, 0.6) is 0 Å². The lowest BCUT2D eigenvalue weighted by Gasteiger charge is -2.05. The van der Waals surface area contributed by atoms with E-state index < -0.39 is 33.5 Å². The van der Waals surface area contributed by atoms with Crippen LogP contribution in [-0.2, 0) is 31.2 Å². The third-order valence-electron chi connectivity index (χ3n) is 8.61. The van der Waals surface area contributed by atoms with Crippen LogP contribution in [0, 0.1) is 11.6 Å². The normalized spacial score (nSPS) is 16.2. The van der Waals surface area contributed by atoms with Crippen molar-refractivity contribution >= 4 is 68.0 Å². The van der Waals surface area contributed by atoms with Crippen molar-refractivity contribution in [3.63, 3.8) is 0 Å². The lowest BCUT2D eigenvalue weighted by atomic mass is 10.0. The van der Waals surface area contributed by atoms with Gasteiger partial charge in [-0.15, -0.1) is 0 Å². The molecule has 0 radical (unpaired) electrons. The molecule has 0 saturated carbocycles. The minimum absolute atomic E-state index is 0.145. The molecule has 2 atom stereocenters. The summed E-state index contributed by atoms with van der Waals surface area (Å²) in [6, 6.07) is 23.6. The summed E-state index contributed by atoms with van der Waals surface area (Å²) >= 11 is 0. The van der Waals surface area contributed by atoms with E-state index in [1.807, 2.05) is 50.3 Å². The quantitative estimate of drug-likeness (QED) is 0.189. The largest absolute Gasteiger partial charge is 0.481 e. The van der Waals surface area contributed by atoms with E-state index in [4.69, 9.17) is 10.2 Å². The summed E-state index contributed by atoms with van der Waals surface area (Å²) in [5, 5.41) is 18.3. The fourth-order valence-corrected chi connectivity index (χ4v) is 7.15. The van der Waals surface area contributed by atoms with Crippen molar-refractivity contribution in [2.45, 2.75) is 36.5 Å². The molecule has 0 amide bonds. The molecule has 2 aliphatic carbocycles. The number of benzene rings is 4. The van der Waals surface area contributed by atoms with Crippen LogP contribution in [-0.4, -0.2) is 43.1 Å². The summed E-state index contributed by atoms with van der Waals surface area (Å²) < 4.78 is 50.3. The molecule has 0 heterocycles. The van der Waals surface area contributed by atoms with Crippen LogP contribution < -0.4 is 0 Å². The van der Waals surface area contributed by atoms with Gasteiger partial charge in [0.05, 0.1) is 12.8 Å². The lowest BCUT2D eigenvalue weighted by molar-refractivity contribution is -0.136. The Balaban J connectivity index is 0.000000194. The first kappa shape index (κ1) is 36.2. The molecule has 0 spiro atoms. The first-order valence-electron chi connectivity index (χ1n) is 15.5. The average molecular weight is 713 g/mol. The number of hydrogen-bond donors (Lipinski definition) is 2. The SMILES string of the molecule is CC1=C(CC(=O)O)c2cc(F)ccc2/C1=C\c1ccc(S(C)=O)cc1.CC1=C(CC(=O)O)c2cc(F)ccc2/C1=C\c1ccc(S(C)=O)cc1. The average Bonchev–Trinajstić information content (AvgIpc) is 3.45. The zero-order valence-electron chi connectivity index (χ0n) is 27.8. The third kappa shape index (κ3) is 8.04. The van der Waals surface area contributed by atoms with Crippen LogP contribution in [0.3, 0.4) is 0 Å². The Morgan fingerprint density at radius 2 is 0.920 bits per heavy atom. The first-order valence-corrected chi connectivity index (χ1v) is 18.6. The molecular formula is C40H34F2O6S2. The Morgan fingerprint density at radius 3 is 1.22 bits per heavy atom. The van der Waals surface area contributed by atoms with Gasteiger partial charge in [0, 0.05) is 43.9 Å². The Bertz CT molecular complexity index is 2040. The number of halogens is 2. The van der Waals surface area contributed by atoms with Gasteiger partial charge in [0.15, 0.2) is 0 Å². The first-order chi connectivity index (χ1) is 23.7. The summed E-state index contributed by atoms with van der Waals surface area (Å²) in [5.74, 6) is -2.66. The summed E-state index contributed by atoms with van der Waals surface area (Å²) in [4.78, 5) is 23.9. The predicted molar refractivity (Wildman–Crippen MR) is 196 cm³/mol. The van der Waals surface area contributed by atoms with E-state index in [-0.39, 0.29) is 24.5 Å². The molecule has 2 unspecified atom stereocenters. The highest BCUT2D eigenvalue weighted by molar-refractivity contribution is 7.84. The predicted octanol–water partition coefficient (Wildman–Crippen LogP) is 8.73. The number of carboxylic acids is 2. The molecule has 4 aromatic rings. The van der Waals surface area contributed by atoms with E-state index in [1.54, 1.807) is 48.9 Å². The summed E-state index contributed by atoms with van der Waals surface area (Å²) in [6.07, 6.45) is 6.86. The fourth-order valence-electron chi connectivity index (χ4n) is 6.11. The Hall–Kier alpha value is -5.06. The fraction of sp³-hybridized carbons (Fsp3) is 0.150. The van der Waals surface area contributed by atoms with Gasteiger partial charge in [0.2, 0.25) is 0 Å². The monoisotopic (exact) mass is 712 g/mol. The van der Waals surface area contributed by atoms with E-state index in [2.05, 4.69) is 0 Å². The molecule has 0 bridgehead atoms. The maximum Gasteiger partial charge on any atom is 0.307 e. The highest BCUT2D eigenvalue weighted by atomic mass is 32.2. The molecule has 2 aliphatic rings. The number of carbonyl (C=O) groups is 2. The highest BCUT2D eigenvalue weighted by Gasteiger charge is 2.27. The van der Waals surface area contributed by atoms with Crippen LogP contribution in [0.1, 0.15) is 60.1 Å². The van der Waals surface area contributed by atoms with E-state index >= 15 is 0 Å². The number of carboxylic acid groups (broad SMARTS) is 2. The van der Waals surface area contributed by atoms with Crippen LogP contribution >= 0.6 is 0 Å². The molecule has 6 rings (SSSR count). The highest BCUT2D eigenvalue weighted by Crippen LogP contribution is 2.45. The molecule has 256 valence electrons. The Labute approximate surface area is 294 Å². The van der Waals surface area contributed by atoms with Crippen molar-refractivity contribution < 1.29 is 37.0 Å². The summed E-state index contributed by atoms with van der Waals surface area (Å²) in [5.41, 5.74) is 9.49. The van der Waals surface area contributed by atoms with Crippen molar-refractivity contribution in [3.05, 3.63) is 141 Å². The smallest absolute Gasteiger partial charge is 0.307 e. The van der Waals surface area contributed by atoms with Gasteiger partial charge >= 0.3 is 11.9 Å². The number of fused-ring (bicyclic) bond motifs is 2. The molecular weight excluding hydrogens is 679 g/mol. The second kappa shape index (κ2) is 15.2. The van der Waals surface area contributed by atoms with Gasteiger partial charge in [0.1, 0.15) is 11.6 Å². The second-order valence-electron chi connectivity index (χ2n) is 11.9. The molecule has 4 aromatic carbocycles. The number of allylic oxidation sites excluding steroid dienone is 4. The maximum absolute atomic E-state index is 13.7. The lowest BCUT2D eigenvalue weighted by Crippen LogP contribution is -1.97. The molecule has 50 heavy (non-hydrogen) atoms. The topological polar surface area (TPSA) is 109 Å². The third-order valence-corrected chi connectivity index (χ3v) is 10.5. The number of aliphatic carboxylic acids is 2. The zero-order chi connectivity index (χ0) is 36.3.